The van der Waals surface area contributed by atoms with Gasteiger partial charge in [-0.15, -0.1) is 6.42 Å². The van der Waals surface area contributed by atoms with E-state index >= 15 is 0 Å². The molecule has 0 fully saturated rings. The Labute approximate surface area is 136 Å². The smallest absolute Gasteiger partial charge is 0.251 e. The summed E-state index contributed by atoms with van der Waals surface area (Å²) >= 11 is 0. The first-order valence-corrected chi connectivity index (χ1v) is 7.54. The number of hydrogen-bond donors (Lipinski definition) is 1. The number of terminal acetylenes is 1. The molecular formula is C21H17NO. The zero-order chi connectivity index (χ0) is 16.2. The molecule has 0 spiro atoms. The van der Waals surface area contributed by atoms with Crippen LogP contribution in [0.15, 0.2) is 66.7 Å². The average molecular weight is 299 g/mol. The second-order valence-corrected chi connectivity index (χ2v) is 5.49. The average Bonchev–Trinajstić information content (AvgIpc) is 2.61. The van der Waals surface area contributed by atoms with E-state index in [9.17, 15) is 4.79 Å². The number of fused-ring (bicyclic) bond motifs is 1. The lowest BCUT2D eigenvalue weighted by molar-refractivity contribution is 0.0940. The fourth-order valence-electron chi connectivity index (χ4n) is 2.70. The fourth-order valence-corrected chi connectivity index (χ4v) is 2.70. The summed E-state index contributed by atoms with van der Waals surface area (Å²) in [5.74, 6) is 2.45. The SMILES string of the molecule is C#Cc1ccc(C(=O)N[C@H](C)c2cccc3ccccc23)cc1. The van der Waals surface area contributed by atoms with Crippen LogP contribution >= 0.6 is 0 Å². The van der Waals surface area contributed by atoms with Crippen molar-refractivity contribution in [3.8, 4) is 12.3 Å². The highest BCUT2D eigenvalue weighted by Gasteiger charge is 2.13. The van der Waals surface area contributed by atoms with Gasteiger partial charge in [0.15, 0.2) is 0 Å². The maximum atomic E-state index is 12.4. The van der Waals surface area contributed by atoms with E-state index in [0.717, 1.165) is 16.5 Å². The van der Waals surface area contributed by atoms with Crippen LogP contribution in [-0.4, -0.2) is 5.91 Å². The van der Waals surface area contributed by atoms with Crippen molar-refractivity contribution in [1.82, 2.24) is 5.32 Å². The molecule has 0 unspecified atom stereocenters. The molecule has 0 saturated carbocycles. The zero-order valence-corrected chi connectivity index (χ0v) is 12.9. The molecule has 1 amide bonds. The zero-order valence-electron chi connectivity index (χ0n) is 12.9. The molecular weight excluding hydrogens is 282 g/mol. The second-order valence-electron chi connectivity index (χ2n) is 5.49. The van der Waals surface area contributed by atoms with Gasteiger partial charge in [-0.3, -0.25) is 4.79 Å². The normalized spacial score (nSPS) is 11.7. The minimum atomic E-state index is -0.103. The molecule has 2 nitrogen and oxygen atoms in total. The van der Waals surface area contributed by atoms with Gasteiger partial charge in [-0.2, -0.15) is 0 Å². The monoisotopic (exact) mass is 299 g/mol. The minimum Gasteiger partial charge on any atom is -0.345 e. The molecule has 0 bridgehead atoms. The van der Waals surface area contributed by atoms with Crippen LogP contribution in [0.4, 0.5) is 0 Å². The third-order valence-corrected chi connectivity index (χ3v) is 3.95. The summed E-state index contributed by atoms with van der Waals surface area (Å²) in [6.45, 7) is 2.00. The highest BCUT2D eigenvalue weighted by atomic mass is 16.1. The summed E-state index contributed by atoms with van der Waals surface area (Å²) < 4.78 is 0. The summed E-state index contributed by atoms with van der Waals surface area (Å²) in [6, 6.07) is 21.3. The van der Waals surface area contributed by atoms with Crippen molar-refractivity contribution >= 4 is 16.7 Å². The lowest BCUT2D eigenvalue weighted by atomic mass is 9.99. The second kappa shape index (κ2) is 6.37. The van der Waals surface area contributed by atoms with E-state index in [4.69, 9.17) is 6.42 Å². The molecule has 0 heterocycles. The van der Waals surface area contributed by atoms with Gasteiger partial charge in [-0.25, -0.2) is 0 Å². The van der Waals surface area contributed by atoms with E-state index in [1.165, 1.54) is 5.39 Å². The first kappa shape index (κ1) is 14.9. The Balaban J connectivity index is 1.84. The fraction of sp³-hybridized carbons (Fsp3) is 0.0952. The molecule has 0 aliphatic rings. The van der Waals surface area contributed by atoms with Gasteiger partial charge in [0.2, 0.25) is 0 Å². The molecule has 0 aliphatic heterocycles. The standard InChI is InChI=1S/C21H17NO/c1-3-16-11-13-18(14-12-16)21(23)22-15(2)19-10-6-8-17-7-4-5-9-20(17)19/h1,4-15H,2H3,(H,22,23)/t15-/m1/s1. The summed E-state index contributed by atoms with van der Waals surface area (Å²) in [7, 11) is 0. The van der Waals surface area contributed by atoms with Crippen LogP contribution in [0.1, 0.15) is 34.5 Å². The Morgan fingerprint density at radius 1 is 1.00 bits per heavy atom. The van der Waals surface area contributed by atoms with Crippen LogP contribution in [0.5, 0.6) is 0 Å². The lowest BCUT2D eigenvalue weighted by Gasteiger charge is -2.16. The molecule has 1 N–H and O–H groups in total. The van der Waals surface area contributed by atoms with Crippen molar-refractivity contribution in [2.24, 2.45) is 0 Å². The predicted molar refractivity (Wildman–Crippen MR) is 94.2 cm³/mol. The molecule has 1 atom stereocenters. The van der Waals surface area contributed by atoms with Crippen molar-refractivity contribution < 1.29 is 4.79 Å². The van der Waals surface area contributed by atoms with Crippen molar-refractivity contribution in [2.45, 2.75) is 13.0 Å². The summed E-state index contributed by atoms with van der Waals surface area (Å²) in [4.78, 5) is 12.4. The summed E-state index contributed by atoms with van der Waals surface area (Å²) in [5, 5.41) is 5.38. The Morgan fingerprint density at radius 3 is 2.43 bits per heavy atom. The highest BCUT2D eigenvalue weighted by Crippen LogP contribution is 2.24. The van der Waals surface area contributed by atoms with Crippen LogP contribution in [0.2, 0.25) is 0 Å². The first-order chi connectivity index (χ1) is 11.2. The molecule has 0 radical (unpaired) electrons. The number of benzene rings is 3. The molecule has 0 aromatic heterocycles. The lowest BCUT2D eigenvalue weighted by Crippen LogP contribution is -2.26. The molecule has 23 heavy (non-hydrogen) atoms. The first-order valence-electron chi connectivity index (χ1n) is 7.54. The van der Waals surface area contributed by atoms with Gasteiger partial charge in [-0.05, 0) is 47.5 Å². The van der Waals surface area contributed by atoms with E-state index in [2.05, 4.69) is 35.5 Å². The van der Waals surface area contributed by atoms with Crippen molar-refractivity contribution in [3.63, 3.8) is 0 Å². The quantitative estimate of drug-likeness (QED) is 0.717. The van der Waals surface area contributed by atoms with E-state index in [1.807, 2.05) is 25.1 Å². The number of carbonyl (C=O) groups excluding carboxylic acids is 1. The number of nitrogens with one attached hydrogen (secondary N) is 1. The molecule has 0 saturated heterocycles. The van der Waals surface area contributed by atoms with Crippen LogP contribution in [-0.2, 0) is 0 Å². The topological polar surface area (TPSA) is 29.1 Å². The van der Waals surface area contributed by atoms with E-state index in [1.54, 1.807) is 24.3 Å². The molecule has 3 aromatic carbocycles. The molecule has 2 heteroatoms. The Kier molecular flexibility index (Phi) is 4.12. The molecule has 0 aliphatic carbocycles. The molecule has 3 rings (SSSR count). The largest absolute Gasteiger partial charge is 0.345 e. The van der Waals surface area contributed by atoms with Crippen LogP contribution in [0.3, 0.4) is 0 Å². The number of amides is 1. The van der Waals surface area contributed by atoms with Crippen LogP contribution < -0.4 is 5.32 Å². The maximum Gasteiger partial charge on any atom is 0.251 e. The van der Waals surface area contributed by atoms with Gasteiger partial charge in [-0.1, -0.05) is 48.4 Å². The molecule has 3 aromatic rings. The maximum absolute atomic E-state index is 12.4. The number of hydrogen-bond acceptors (Lipinski definition) is 1. The third kappa shape index (κ3) is 3.09. The van der Waals surface area contributed by atoms with Gasteiger partial charge >= 0.3 is 0 Å². The predicted octanol–water partition coefficient (Wildman–Crippen LogP) is 4.31. The van der Waals surface area contributed by atoms with Crippen molar-refractivity contribution in [1.29, 1.82) is 0 Å². The van der Waals surface area contributed by atoms with E-state index in [0.29, 0.717) is 5.56 Å². The summed E-state index contributed by atoms with van der Waals surface area (Å²) in [5.41, 5.74) is 2.48. The van der Waals surface area contributed by atoms with Crippen LogP contribution in [0.25, 0.3) is 10.8 Å². The number of carbonyl (C=O) groups is 1. The third-order valence-electron chi connectivity index (χ3n) is 3.95. The van der Waals surface area contributed by atoms with Gasteiger partial charge in [0.25, 0.3) is 5.91 Å². The van der Waals surface area contributed by atoms with Gasteiger partial charge < -0.3 is 5.32 Å². The van der Waals surface area contributed by atoms with E-state index in [-0.39, 0.29) is 11.9 Å². The summed E-state index contributed by atoms with van der Waals surface area (Å²) in [6.07, 6.45) is 5.34. The minimum absolute atomic E-state index is 0.0825. The molecule has 112 valence electrons. The van der Waals surface area contributed by atoms with Gasteiger partial charge in [0.1, 0.15) is 0 Å². The Hall–Kier alpha value is -3.05. The van der Waals surface area contributed by atoms with Crippen molar-refractivity contribution in [2.75, 3.05) is 0 Å². The van der Waals surface area contributed by atoms with Gasteiger partial charge in [0, 0.05) is 11.1 Å². The van der Waals surface area contributed by atoms with Gasteiger partial charge in [0.05, 0.1) is 6.04 Å². The highest BCUT2D eigenvalue weighted by molar-refractivity contribution is 5.95. The van der Waals surface area contributed by atoms with Crippen LogP contribution in [0, 0.1) is 12.3 Å². The van der Waals surface area contributed by atoms with E-state index < -0.39 is 0 Å². The number of rotatable bonds is 3. The Bertz CT molecular complexity index is 882. The van der Waals surface area contributed by atoms with Crippen molar-refractivity contribution in [3.05, 3.63) is 83.4 Å². The Morgan fingerprint density at radius 2 is 1.70 bits per heavy atom.